The normalized spacial score (nSPS) is 17.6. The average Bonchev–Trinajstić information content (AvgIpc) is 3.27. The van der Waals surface area contributed by atoms with E-state index in [4.69, 9.17) is 17.3 Å². The van der Waals surface area contributed by atoms with Gasteiger partial charge in [-0.2, -0.15) is 0 Å². The smallest absolute Gasteiger partial charge is 0.209 e. The van der Waals surface area contributed by atoms with E-state index in [9.17, 15) is 0 Å². The summed E-state index contributed by atoms with van der Waals surface area (Å²) in [5, 5.41) is 17.9. The van der Waals surface area contributed by atoms with E-state index in [-0.39, 0.29) is 0 Å². The summed E-state index contributed by atoms with van der Waals surface area (Å²) in [6, 6.07) is 8.49. The summed E-state index contributed by atoms with van der Waals surface area (Å²) in [6.45, 7) is 8.91. The van der Waals surface area contributed by atoms with Gasteiger partial charge in [-0.3, -0.25) is 9.80 Å². The van der Waals surface area contributed by atoms with E-state index >= 15 is 0 Å². The fourth-order valence-corrected chi connectivity index (χ4v) is 5.55. The maximum atomic E-state index is 5.59. The molecule has 5 rings (SSSR count). The largest absolute Gasteiger partial charge is 0.330 e. The van der Waals surface area contributed by atoms with Crippen molar-refractivity contribution in [1.29, 1.82) is 0 Å². The van der Waals surface area contributed by atoms with E-state index in [1.807, 2.05) is 4.68 Å². The highest BCUT2D eigenvalue weighted by Gasteiger charge is 2.21. The third-order valence-corrected chi connectivity index (χ3v) is 7.79. The summed E-state index contributed by atoms with van der Waals surface area (Å²) in [7, 11) is 0. The molecule has 2 aliphatic heterocycles. The number of aromatic nitrogens is 5. The molecule has 2 aromatic heterocycles. The van der Waals surface area contributed by atoms with Crippen molar-refractivity contribution in [3.63, 3.8) is 0 Å². The quantitative estimate of drug-likeness (QED) is 0.507. The standard InChI is InChI=1S/C23H32N8S2/c1-2-18-7-9-19(10-8-18)24-22-27-31(23(32)33-22)17-29-14-12-28(13-15-29)16-21-26-25-20-6-4-3-5-11-30(20)21/h7-10H,2-6,11-17H2,1H3,(H,24,27). The number of hydrogen-bond donors (Lipinski definition) is 1. The van der Waals surface area contributed by atoms with E-state index in [2.05, 4.69) is 61.1 Å². The molecule has 0 aliphatic carbocycles. The molecule has 4 heterocycles. The maximum Gasteiger partial charge on any atom is 0.209 e. The lowest BCUT2D eigenvalue weighted by atomic mass is 10.1. The number of hydrogen-bond acceptors (Lipinski definition) is 8. The van der Waals surface area contributed by atoms with Gasteiger partial charge in [-0.15, -0.1) is 15.3 Å². The van der Waals surface area contributed by atoms with E-state index < -0.39 is 0 Å². The van der Waals surface area contributed by atoms with Crippen molar-refractivity contribution >= 4 is 34.4 Å². The molecule has 0 spiro atoms. The summed E-state index contributed by atoms with van der Waals surface area (Å²) in [6.07, 6.45) is 5.88. The minimum absolute atomic E-state index is 0.736. The Morgan fingerprint density at radius 1 is 0.970 bits per heavy atom. The molecular weight excluding hydrogens is 452 g/mol. The number of anilines is 2. The van der Waals surface area contributed by atoms with Gasteiger partial charge in [-0.1, -0.05) is 36.8 Å². The van der Waals surface area contributed by atoms with Gasteiger partial charge >= 0.3 is 0 Å². The van der Waals surface area contributed by atoms with Crippen molar-refractivity contribution in [2.45, 2.75) is 58.8 Å². The molecule has 1 fully saturated rings. The van der Waals surface area contributed by atoms with Crippen LogP contribution in [-0.4, -0.2) is 60.5 Å². The molecule has 0 saturated carbocycles. The first-order valence-corrected chi connectivity index (χ1v) is 13.2. The molecule has 3 aromatic rings. The average molecular weight is 485 g/mol. The maximum absolute atomic E-state index is 5.59. The first-order valence-electron chi connectivity index (χ1n) is 12.0. The lowest BCUT2D eigenvalue weighted by Gasteiger charge is -2.34. The Balaban J connectivity index is 1.14. The molecule has 1 aromatic carbocycles. The summed E-state index contributed by atoms with van der Waals surface area (Å²) < 4.78 is 5.10. The molecule has 0 bridgehead atoms. The van der Waals surface area contributed by atoms with Crippen LogP contribution in [-0.2, 0) is 32.6 Å². The Morgan fingerprint density at radius 3 is 2.55 bits per heavy atom. The van der Waals surface area contributed by atoms with Crippen molar-refractivity contribution in [1.82, 2.24) is 34.3 Å². The number of benzene rings is 1. The van der Waals surface area contributed by atoms with Crippen molar-refractivity contribution < 1.29 is 0 Å². The zero-order valence-corrected chi connectivity index (χ0v) is 20.9. The highest BCUT2D eigenvalue weighted by molar-refractivity contribution is 7.73. The summed E-state index contributed by atoms with van der Waals surface area (Å²) in [5.74, 6) is 2.30. The Morgan fingerprint density at radius 2 is 1.76 bits per heavy atom. The van der Waals surface area contributed by atoms with Gasteiger partial charge in [0.2, 0.25) is 5.13 Å². The molecule has 0 unspecified atom stereocenters. The van der Waals surface area contributed by atoms with Gasteiger partial charge in [0.1, 0.15) is 11.6 Å². The predicted octanol–water partition coefficient (Wildman–Crippen LogP) is 4.07. The number of piperazine rings is 1. The topological polar surface area (TPSA) is 67.0 Å². The number of fused-ring (bicyclic) bond motifs is 1. The SMILES string of the molecule is CCc1ccc(Nc2nn(CN3CCN(Cc4nnc5n4CCCCC5)CC3)c(=S)s2)cc1. The van der Waals surface area contributed by atoms with Crippen LogP contribution in [0.15, 0.2) is 24.3 Å². The van der Waals surface area contributed by atoms with Crippen LogP contribution in [0.25, 0.3) is 0 Å². The second-order valence-electron chi connectivity index (χ2n) is 8.88. The first-order chi connectivity index (χ1) is 16.2. The van der Waals surface area contributed by atoms with Crippen LogP contribution in [0.4, 0.5) is 10.8 Å². The summed E-state index contributed by atoms with van der Waals surface area (Å²) >= 11 is 7.12. The van der Waals surface area contributed by atoms with Crippen molar-refractivity contribution in [3.8, 4) is 0 Å². The van der Waals surface area contributed by atoms with Gasteiger partial charge < -0.3 is 9.88 Å². The van der Waals surface area contributed by atoms with Crippen LogP contribution < -0.4 is 5.32 Å². The van der Waals surface area contributed by atoms with Crippen molar-refractivity contribution in [2.75, 3.05) is 31.5 Å². The predicted molar refractivity (Wildman–Crippen MR) is 134 cm³/mol. The third kappa shape index (κ3) is 5.51. The molecule has 1 N–H and O–H groups in total. The first kappa shape index (κ1) is 22.6. The summed E-state index contributed by atoms with van der Waals surface area (Å²) in [5.41, 5.74) is 2.38. The van der Waals surface area contributed by atoms with E-state index in [0.717, 1.165) is 79.4 Å². The molecule has 10 heteroatoms. The highest BCUT2D eigenvalue weighted by atomic mass is 32.1. The van der Waals surface area contributed by atoms with Gasteiger partial charge in [0.05, 0.1) is 13.2 Å². The van der Waals surface area contributed by atoms with Crippen LogP contribution in [0.5, 0.6) is 0 Å². The molecule has 8 nitrogen and oxygen atoms in total. The fourth-order valence-electron chi connectivity index (χ4n) is 4.53. The Bertz CT molecular complexity index is 1110. The molecule has 0 atom stereocenters. The Kier molecular flexibility index (Phi) is 7.15. The van der Waals surface area contributed by atoms with E-state index in [1.54, 1.807) is 0 Å². The second-order valence-corrected chi connectivity index (χ2v) is 10.5. The van der Waals surface area contributed by atoms with Gasteiger partial charge in [0, 0.05) is 44.8 Å². The van der Waals surface area contributed by atoms with Crippen LogP contribution in [0.2, 0.25) is 0 Å². The van der Waals surface area contributed by atoms with Gasteiger partial charge in [0.15, 0.2) is 3.95 Å². The molecule has 0 amide bonds. The van der Waals surface area contributed by atoms with Gasteiger partial charge in [-0.25, -0.2) is 4.68 Å². The fraction of sp³-hybridized carbons (Fsp3) is 0.565. The monoisotopic (exact) mass is 484 g/mol. The molecule has 176 valence electrons. The zero-order valence-electron chi connectivity index (χ0n) is 19.2. The summed E-state index contributed by atoms with van der Waals surface area (Å²) in [4.78, 5) is 4.92. The lowest BCUT2D eigenvalue weighted by molar-refractivity contribution is 0.0960. The minimum Gasteiger partial charge on any atom is -0.330 e. The molecule has 1 saturated heterocycles. The number of aryl methyl sites for hydroxylation is 2. The van der Waals surface area contributed by atoms with Crippen molar-refractivity contribution in [3.05, 3.63) is 45.4 Å². The molecule has 33 heavy (non-hydrogen) atoms. The number of nitrogens with one attached hydrogen (secondary N) is 1. The zero-order chi connectivity index (χ0) is 22.6. The second kappa shape index (κ2) is 10.4. The molecule has 0 radical (unpaired) electrons. The van der Waals surface area contributed by atoms with Gasteiger partial charge in [0.25, 0.3) is 0 Å². The van der Waals surface area contributed by atoms with Crippen LogP contribution in [0.1, 0.15) is 43.4 Å². The molecule has 2 aliphatic rings. The van der Waals surface area contributed by atoms with Crippen LogP contribution >= 0.6 is 23.6 Å². The van der Waals surface area contributed by atoms with Crippen LogP contribution in [0.3, 0.4) is 0 Å². The Labute approximate surface area is 204 Å². The van der Waals surface area contributed by atoms with E-state index in [0.29, 0.717) is 0 Å². The third-order valence-electron chi connectivity index (χ3n) is 6.57. The van der Waals surface area contributed by atoms with Crippen molar-refractivity contribution in [2.24, 2.45) is 0 Å². The number of nitrogens with zero attached hydrogens (tertiary/aromatic N) is 7. The minimum atomic E-state index is 0.736. The highest BCUT2D eigenvalue weighted by Crippen LogP contribution is 2.22. The van der Waals surface area contributed by atoms with Gasteiger partial charge in [-0.05, 0) is 49.2 Å². The van der Waals surface area contributed by atoms with E-state index in [1.165, 1.54) is 42.0 Å². The Hall–Kier alpha value is -2.14. The molecular formula is C23H32N8S2. The van der Waals surface area contributed by atoms with Crippen LogP contribution in [0, 0.1) is 3.95 Å². The number of rotatable bonds is 7. The lowest BCUT2D eigenvalue weighted by Crippen LogP contribution is -2.46.